The van der Waals surface area contributed by atoms with Gasteiger partial charge in [-0.15, -0.1) is 0 Å². The predicted octanol–water partition coefficient (Wildman–Crippen LogP) is 12.1. The van der Waals surface area contributed by atoms with Gasteiger partial charge in [-0.05, 0) is 136 Å². The van der Waals surface area contributed by atoms with E-state index in [1.54, 1.807) is 0 Å². The lowest BCUT2D eigenvalue weighted by atomic mass is 9.44. The molecule has 0 aliphatic heterocycles. The van der Waals surface area contributed by atoms with Gasteiger partial charge in [0.2, 0.25) is 5.91 Å². The molecule has 50 heavy (non-hydrogen) atoms. The minimum atomic E-state index is -0.0502. The monoisotopic (exact) mass is 699 g/mol. The lowest BCUT2D eigenvalue weighted by molar-refractivity contribution is -0.129. The second kappa shape index (κ2) is 21.9. The number of rotatable bonds is 25. The highest BCUT2D eigenvalue weighted by atomic mass is 16.3. The predicted molar refractivity (Wildman–Crippen MR) is 214 cm³/mol. The Morgan fingerprint density at radius 1 is 0.700 bits per heavy atom. The maximum absolute atomic E-state index is 13.2. The molecule has 0 heterocycles. The third-order valence-electron chi connectivity index (χ3n) is 15.6. The van der Waals surface area contributed by atoms with Crippen LogP contribution < -0.4 is 5.32 Å². The van der Waals surface area contributed by atoms with E-state index in [0.29, 0.717) is 23.2 Å². The fourth-order valence-corrected chi connectivity index (χ4v) is 12.5. The molecule has 0 saturated heterocycles. The molecular weight excluding hydrogens is 613 g/mol. The minimum Gasteiger partial charge on any atom is -0.393 e. The topological polar surface area (TPSA) is 52.6 Å². The van der Waals surface area contributed by atoms with Gasteiger partial charge in [0.1, 0.15) is 0 Å². The van der Waals surface area contributed by atoms with Gasteiger partial charge in [0.15, 0.2) is 0 Å². The average molecular weight is 699 g/mol. The summed E-state index contributed by atoms with van der Waals surface area (Å²) in [4.78, 5) is 15.8. The van der Waals surface area contributed by atoms with E-state index >= 15 is 0 Å². The van der Waals surface area contributed by atoms with E-state index in [4.69, 9.17) is 0 Å². The molecule has 1 amide bonds. The van der Waals surface area contributed by atoms with Crippen LogP contribution in [-0.4, -0.2) is 48.2 Å². The average Bonchev–Trinajstić information content (AvgIpc) is 3.46. The Bertz CT molecular complexity index is 919. The summed E-state index contributed by atoms with van der Waals surface area (Å²) < 4.78 is 0. The zero-order valence-corrected chi connectivity index (χ0v) is 34.3. The maximum Gasteiger partial charge on any atom is 0.220 e. The van der Waals surface area contributed by atoms with Crippen LogP contribution in [-0.2, 0) is 4.79 Å². The van der Waals surface area contributed by atoms with Crippen molar-refractivity contribution < 1.29 is 9.90 Å². The highest BCUT2D eigenvalue weighted by molar-refractivity contribution is 5.75. The van der Waals surface area contributed by atoms with Gasteiger partial charge in [0.25, 0.3) is 0 Å². The molecule has 0 radical (unpaired) electrons. The number of hydrogen-bond acceptors (Lipinski definition) is 3. The van der Waals surface area contributed by atoms with Crippen LogP contribution in [0.2, 0.25) is 0 Å². The molecule has 4 fully saturated rings. The fourth-order valence-electron chi connectivity index (χ4n) is 12.5. The largest absolute Gasteiger partial charge is 0.393 e. The lowest BCUT2D eigenvalue weighted by Gasteiger charge is -2.61. The second-order valence-electron chi connectivity index (χ2n) is 19.0. The van der Waals surface area contributed by atoms with E-state index in [9.17, 15) is 9.90 Å². The Kier molecular flexibility index (Phi) is 18.5. The number of nitrogens with one attached hydrogen (secondary N) is 1. The summed E-state index contributed by atoms with van der Waals surface area (Å²) in [5, 5.41) is 13.8. The van der Waals surface area contributed by atoms with Gasteiger partial charge < -0.3 is 15.3 Å². The molecule has 292 valence electrons. The number of nitrogens with zero attached hydrogens (tertiary/aromatic N) is 1. The van der Waals surface area contributed by atoms with E-state index in [0.717, 1.165) is 61.9 Å². The first-order valence-electron chi connectivity index (χ1n) is 22.9. The van der Waals surface area contributed by atoms with Gasteiger partial charge in [0.05, 0.1) is 6.10 Å². The number of aliphatic hydroxyl groups is 1. The zero-order chi connectivity index (χ0) is 35.8. The Hall–Kier alpha value is -0.610. The molecule has 4 aliphatic rings. The van der Waals surface area contributed by atoms with Crippen molar-refractivity contribution in [1.29, 1.82) is 0 Å². The number of carbonyl (C=O) groups is 1. The maximum atomic E-state index is 13.2. The van der Waals surface area contributed by atoms with Crippen LogP contribution in [0, 0.1) is 46.3 Å². The SMILES string of the molecule is CCCCCCCCCCN(CCCCCCCCCC)CCNC(=O)CCC(C)C1CCC2C3CCC4CC(O)CCC4(C)C3CCC12C. The van der Waals surface area contributed by atoms with Crippen molar-refractivity contribution in [3.05, 3.63) is 0 Å². The first-order valence-corrected chi connectivity index (χ1v) is 22.9. The number of fused-ring (bicyclic) bond motifs is 5. The quantitative estimate of drug-likeness (QED) is 0.0933. The summed E-state index contributed by atoms with van der Waals surface area (Å²) in [6.07, 6.45) is 35.3. The van der Waals surface area contributed by atoms with Crippen molar-refractivity contribution >= 4 is 5.91 Å². The number of carbonyl (C=O) groups excluding carboxylic acids is 1. The summed E-state index contributed by atoms with van der Waals surface area (Å²) >= 11 is 0. The number of hydrogen-bond donors (Lipinski definition) is 2. The van der Waals surface area contributed by atoms with Gasteiger partial charge in [-0.2, -0.15) is 0 Å². The normalized spacial score (nSPS) is 32.8. The summed E-state index contributed by atoms with van der Waals surface area (Å²) in [6, 6.07) is 0. The van der Waals surface area contributed by atoms with Crippen LogP contribution in [0.25, 0.3) is 0 Å². The molecule has 4 heteroatoms. The van der Waals surface area contributed by atoms with Crippen molar-refractivity contribution in [2.24, 2.45) is 46.3 Å². The number of aliphatic hydroxyl groups excluding tert-OH is 1. The van der Waals surface area contributed by atoms with E-state index in [-0.39, 0.29) is 12.0 Å². The zero-order valence-electron chi connectivity index (χ0n) is 34.3. The molecule has 4 saturated carbocycles. The molecule has 2 N–H and O–H groups in total. The van der Waals surface area contributed by atoms with E-state index in [2.05, 4.69) is 44.8 Å². The second-order valence-corrected chi connectivity index (χ2v) is 19.0. The summed E-state index contributed by atoms with van der Waals surface area (Å²) in [7, 11) is 0. The van der Waals surface area contributed by atoms with Crippen molar-refractivity contribution in [3.8, 4) is 0 Å². The Morgan fingerprint density at radius 2 is 1.26 bits per heavy atom. The molecule has 0 spiro atoms. The first-order chi connectivity index (χ1) is 24.2. The Balaban J connectivity index is 1.16. The Morgan fingerprint density at radius 3 is 1.88 bits per heavy atom. The molecule has 4 rings (SSSR count). The minimum absolute atomic E-state index is 0.0502. The molecule has 4 aliphatic carbocycles. The van der Waals surface area contributed by atoms with Crippen LogP contribution >= 0.6 is 0 Å². The third kappa shape index (κ3) is 11.9. The molecule has 4 nitrogen and oxygen atoms in total. The first kappa shape index (κ1) is 42.1. The Labute approximate surface area is 311 Å². The summed E-state index contributed by atoms with van der Waals surface area (Å²) in [6.45, 7) is 16.6. The van der Waals surface area contributed by atoms with Crippen molar-refractivity contribution in [2.75, 3.05) is 26.2 Å². The van der Waals surface area contributed by atoms with Crippen LogP contribution in [0.3, 0.4) is 0 Å². The molecule has 9 unspecified atom stereocenters. The number of amides is 1. The van der Waals surface area contributed by atoms with Gasteiger partial charge in [-0.25, -0.2) is 0 Å². The van der Waals surface area contributed by atoms with Crippen LogP contribution in [0.15, 0.2) is 0 Å². The summed E-state index contributed by atoms with van der Waals surface area (Å²) in [5.41, 5.74) is 0.919. The molecule has 9 atom stereocenters. The van der Waals surface area contributed by atoms with E-state index in [1.165, 1.54) is 161 Å². The number of unbranched alkanes of at least 4 members (excludes halogenated alkanes) is 14. The third-order valence-corrected chi connectivity index (χ3v) is 15.6. The molecule has 0 aromatic rings. The highest BCUT2D eigenvalue weighted by Gasteiger charge is 2.60. The van der Waals surface area contributed by atoms with Gasteiger partial charge >= 0.3 is 0 Å². The standard InChI is InChI=1S/C46H86N2O2/c1-6-8-10-12-14-16-18-20-33-48(34-21-19-17-15-13-11-9-7-2)35-32-47-44(50)27-22-37(3)41-25-26-42-40-24-23-38-36-39(49)28-30-45(38,4)43(40)29-31-46(41,42)5/h37-43,49H,6-36H2,1-5H3,(H,47,50). The van der Waals surface area contributed by atoms with Crippen LogP contribution in [0.5, 0.6) is 0 Å². The van der Waals surface area contributed by atoms with Gasteiger partial charge in [-0.1, -0.05) is 125 Å². The highest BCUT2D eigenvalue weighted by Crippen LogP contribution is 2.68. The van der Waals surface area contributed by atoms with Crippen molar-refractivity contribution in [1.82, 2.24) is 10.2 Å². The van der Waals surface area contributed by atoms with Crippen LogP contribution in [0.1, 0.15) is 208 Å². The molecule has 0 bridgehead atoms. The molecule has 0 aromatic heterocycles. The lowest BCUT2D eigenvalue weighted by Crippen LogP contribution is -2.54. The molecular formula is C46H86N2O2. The van der Waals surface area contributed by atoms with Crippen molar-refractivity contribution in [3.63, 3.8) is 0 Å². The smallest absolute Gasteiger partial charge is 0.220 e. The van der Waals surface area contributed by atoms with E-state index in [1.807, 2.05) is 0 Å². The fraction of sp³-hybridized carbons (Fsp3) is 0.978. The van der Waals surface area contributed by atoms with Gasteiger partial charge in [0, 0.05) is 19.5 Å². The van der Waals surface area contributed by atoms with E-state index < -0.39 is 0 Å². The summed E-state index contributed by atoms with van der Waals surface area (Å²) in [5.74, 6) is 5.07. The van der Waals surface area contributed by atoms with Crippen molar-refractivity contribution in [2.45, 2.75) is 214 Å². The van der Waals surface area contributed by atoms with Crippen LogP contribution in [0.4, 0.5) is 0 Å². The van der Waals surface area contributed by atoms with Gasteiger partial charge in [-0.3, -0.25) is 4.79 Å². The molecule has 0 aromatic carbocycles.